The van der Waals surface area contributed by atoms with Crippen LogP contribution in [0.15, 0.2) is 0 Å². The summed E-state index contributed by atoms with van der Waals surface area (Å²) in [6, 6.07) is 0.323. The van der Waals surface area contributed by atoms with Crippen LogP contribution < -0.4 is 5.73 Å². The van der Waals surface area contributed by atoms with Gasteiger partial charge in [0.15, 0.2) is 0 Å². The van der Waals surface area contributed by atoms with Crippen molar-refractivity contribution >= 4 is 5.91 Å². The van der Waals surface area contributed by atoms with Gasteiger partial charge in [-0.1, -0.05) is 13.8 Å². The van der Waals surface area contributed by atoms with Crippen LogP contribution in [-0.4, -0.2) is 41.6 Å². The van der Waals surface area contributed by atoms with Crippen LogP contribution >= 0.6 is 0 Å². The Balaban J connectivity index is 2.11. The SMILES string of the molecule is CCOC1CC(N)(C(=O)N2CCCCC2C)C1(C)C. The molecule has 19 heavy (non-hydrogen) atoms. The molecule has 1 saturated carbocycles. The van der Waals surface area contributed by atoms with E-state index in [4.69, 9.17) is 10.5 Å². The quantitative estimate of drug-likeness (QED) is 0.851. The number of carbonyl (C=O) groups is 1. The smallest absolute Gasteiger partial charge is 0.243 e. The minimum absolute atomic E-state index is 0.103. The topological polar surface area (TPSA) is 55.6 Å². The summed E-state index contributed by atoms with van der Waals surface area (Å²) in [5.74, 6) is 0.126. The predicted octanol–water partition coefficient (Wildman–Crippen LogP) is 1.92. The molecule has 2 rings (SSSR count). The number of amides is 1. The van der Waals surface area contributed by atoms with Crippen LogP contribution in [0.5, 0.6) is 0 Å². The molecule has 0 aromatic carbocycles. The van der Waals surface area contributed by atoms with Crippen molar-refractivity contribution in [2.24, 2.45) is 11.1 Å². The second-order valence-corrected chi connectivity index (χ2v) is 6.68. The fourth-order valence-corrected chi connectivity index (χ4v) is 3.45. The van der Waals surface area contributed by atoms with Crippen LogP contribution in [0.1, 0.15) is 53.4 Å². The van der Waals surface area contributed by atoms with E-state index in [2.05, 4.69) is 20.8 Å². The molecule has 2 N–H and O–H groups in total. The van der Waals surface area contributed by atoms with Gasteiger partial charge in [-0.15, -0.1) is 0 Å². The molecular weight excluding hydrogens is 240 g/mol. The molecule has 2 aliphatic rings. The molecule has 0 bridgehead atoms. The lowest BCUT2D eigenvalue weighted by Gasteiger charge is -2.59. The first kappa shape index (κ1) is 14.8. The minimum Gasteiger partial charge on any atom is -0.378 e. The summed E-state index contributed by atoms with van der Waals surface area (Å²) in [6.45, 7) is 9.77. The maximum absolute atomic E-state index is 12.8. The van der Waals surface area contributed by atoms with E-state index < -0.39 is 5.54 Å². The summed E-state index contributed by atoms with van der Waals surface area (Å²) in [4.78, 5) is 14.8. The summed E-state index contributed by atoms with van der Waals surface area (Å²) in [5.41, 5.74) is 5.43. The highest BCUT2D eigenvalue weighted by atomic mass is 16.5. The molecule has 0 aromatic heterocycles. The number of ether oxygens (including phenoxy) is 1. The number of rotatable bonds is 3. The Morgan fingerprint density at radius 2 is 2.11 bits per heavy atom. The largest absolute Gasteiger partial charge is 0.378 e. The highest BCUT2D eigenvalue weighted by Crippen LogP contribution is 2.51. The molecule has 1 amide bonds. The third-order valence-electron chi connectivity index (χ3n) is 5.28. The zero-order chi connectivity index (χ0) is 14.3. The lowest BCUT2D eigenvalue weighted by Crippen LogP contribution is -2.76. The van der Waals surface area contributed by atoms with Gasteiger partial charge in [0.2, 0.25) is 5.91 Å². The van der Waals surface area contributed by atoms with Crippen molar-refractivity contribution in [1.82, 2.24) is 4.90 Å². The highest BCUT2D eigenvalue weighted by molar-refractivity contribution is 5.89. The van der Waals surface area contributed by atoms with E-state index in [1.54, 1.807) is 0 Å². The first-order valence-corrected chi connectivity index (χ1v) is 7.56. The lowest BCUT2D eigenvalue weighted by atomic mass is 9.54. The molecule has 0 spiro atoms. The molecule has 2 fully saturated rings. The molecule has 110 valence electrons. The maximum atomic E-state index is 12.8. The van der Waals surface area contributed by atoms with Gasteiger partial charge in [0.25, 0.3) is 0 Å². The molecule has 0 radical (unpaired) electrons. The summed E-state index contributed by atoms with van der Waals surface area (Å²) < 4.78 is 5.70. The number of hydrogen-bond acceptors (Lipinski definition) is 3. The number of carbonyl (C=O) groups excluding carboxylic acids is 1. The highest BCUT2D eigenvalue weighted by Gasteiger charge is 2.64. The van der Waals surface area contributed by atoms with Gasteiger partial charge >= 0.3 is 0 Å². The number of piperidine rings is 1. The number of nitrogens with two attached hydrogens (primary N) is 1. The Kier molecular flexibility index (Phi) is 3.94. The second kappa shape index (κ2) is 5.06. The van der Waals surface area contributed by atoms with Crippen LogP contribution in [0.2, 0.25) is 0 Å². The summed E-state index contributed by atoms with van der Waals surface area (Å²) in [7, 11) is 0. The molecule has 4 heteroatoms. The van der Waals surface area contributed by atoms with Gasteiger partial charge in [-0.2, -0.15) is 0 Å². The summed E-state index contributed by atoms with van der Waals surface area (Å²) in [5, 5.41) is 0. The van der Waals surface area contributed by atoms with Gasteiger partial charge in [-0.25, -0.2) is 0 Å². The summed E-state index contributed by atoms with van der Waals surface area (Å²) in [6.07, 6.45) is 4.16. The Morgan fingerprint density at radius 3 is 2.63 bits per heavy atom. The van der Waals surface area contributed by atoms with Crippen LogP contribution in [-0.2, 0) is 9.53 Å². The molecule has 1 heterocycles. The molecule has 4 nitrogen and oxygen atoms in total. The number of hydrogen-bond donors (Lipinski definition) is 1. The Hall–Kier alpha value is -0.610. The molecule has 3 unspecified atom stereocenters. The van der Waals surface area contributed by atoms with Crippen molar-refractivity contribution in [3.05, 3.63) is 0 Å². The van der Waals surface area contributed by atoms with Crippen molar-refractivity contribution in [1.29, 1.82) is 0 Å². The van der Waals surface area contributed by atoms with E-state index in [0.29, 0.717) is 19.1 Å². The van der Waals surface area contributed by atoms with E-state index in [1.165, 1.54) is 6.42 Å². The van der Waals surface area contributed by atoms with Crippen LogP contribution in [0.25, 0.3) is 0 Å². The molecule has 1 saturated heterocycles. The third-order valence-corrected chi connectivity index (χ3v) is 5.28. The number of likely N-dealkylation sites (tertiary alicyclic amines) is 1. The lowest BCUT2D eigenvalue weighted by molar-refractivity contribution is -0.181. The minimum atomic E-state index is -0.752. The van der Waals surface area contributed by atoms with Gasteiger partial charge in [0.05, 0.1) is 6.10 Å². The van der Waals surface area contributed by atoms with Crippen molar-refractivity contribution in [3.63, 3.8) is 0 Å². The third kappa shape index (κ3) is 2.19. The van der Waals surface area contributed by atoms with Crippen LogP contribution in [0.4, 0.5) is 0 Å². The average molecular weight is 268 g/mol. The zero-order valence-electron chi connectivity index (χ0n) is 12.7. The van der Waals surface area contributed by atoms with Gasteiger partial charge in [0, 0.05) is 31.0 Å². The number of nitrogens with zero attached hydrogens (tertiary/aromatic N) is 1. The second-order valence-electron chi connectivity index (χ2n) is 6.68. The predicted molar refractivity (Wildman–Crippen MR) is 75.8 cm³/mol. The molecule has 0 aromatic rings. The van der Waals surface area contributed by atoms with E-state index >= 15 is 0 Å². The normalized spacial score (nSPS) is 37.8. The summed E-state index contributed by atoms with van der Waals surface area (Å²) >= 11 is 0. The average Bonchev–Trinajstić information content (AvgIpc) is 2.38. The Morgan fingerprint density at radius 1 is 1.42 bits per heavy atom. The maximum Gasteiger partial charge on any atom is 0.243 e. The van der Waals surface area contributed by atoms with Crippen molar-refractivity contribution in [2.45, 2.75) is 71.1 Å². The van der Waals surface area contributed by atoms with E-state index in [9.17, 15) is 4.79 Å². The van der Waals surface area contributed by atoms with Crippen molar-refractivity contribution < 1.29 is 9.53 Å². The zero-order valence-corrected chi connectivity index (χ0v) is 12.7. The Bertz CT molecular complexity index is 356. The van der Waals surface area contributed by atoms with Crippen molar-refractivity contribution in [3.8, 4) is 0 Å². The first-order valence-electron chi connectivity index (χ1n) is 7.56. The molecule has 3 atom stereocenters. The molecular formula is C15H28N2O2. The monoisotopic (exact) mass is 268 g/mol. The van der Waals surface area contributed by atoms with Gasteiger partial charge < -0.3 is 15.4 Å². The first-order chi connectivity index (χ1) is 8.84. The van der Waals surface area contributed by atoms with Gasteiger partial charge in [0.1, 0.15) is 5.54 Å². The van der Waals surface area contributed by atoms with Crippen LogP contribution in [0, 0.1) is 5.41 Å². The van der Waals surface area contributed by atoms with E-state index in [-0.39, 0.29) is 17.4 Å². The van der Waals surface area contributed by atoms with Gasteiger partial charge in [-0.05, 0) is 33.1 Å². The fourth-order valence-electron chi connectivity index (χ4n) is 3.45. The van der Waals surface area contributed by atoms with Gasteiger partial charge in [-0.3, -0.25) is 4.79 Å². The standard InChI is InChI=1S/C15H28N2O2/c1-5-19-12-10-15(16,14(12,3)4)13(18)17-9-7-6-8-11(17)2/h11-12H,5-10,16H2,1-4H3. The molecule has 1 aliphatic heterocycles. The van der Waals surface area contributed by atoms with Crippen LogP contribution in [0.3, 0.4) is 0 Å². The fraction of sp³-hybridized carbons (Fsp3) is 0.933. The Labute approximate surface area is 116 Å². The van der Waals surface area contributed by atoms with E-state index in [1.807, 2.05) is 11.8 Å². The molecule has 1 aliphatic carbocycles. The van der Waals surface area contributed by atoms with Crippen molar-refractivity contribution in [2.75, 3.05) is 13.2 Å². The van der Waals surface area contributed by atoms with E-state index in [0.717, 1.165) is 19.4 Å².